The SMILES string of the molecule is CC(C)(C)OC(=O)CCN1CCOC(c2ccc(OCc3c(Cl)cccc3OC(F)(F)F)cc2C(F)(F)F)C1. The Morgan fingerprint density at radius 3 is 2.46 bits per heavy atom. The van der Waals surface area contributed by atoms with E-state index in [0.29, 0.717) is 6.54 Å². The highest BCUT2D eigenvalue weighted by atomic mass is 35.5. The van der Waals surface area contributed by atoms with Gasteiger partial charge in [0.2, 0.25) is 0 Å². The quantitative estimate of drug-likeness (QED) is 0.248. The lowest BCUT2D eigenvalue weighted by atomic mass is 10.00. The molecular formula is C26H28ClF6NO5. The maximum absolute atomic E-state index is 14.0. The standard InChI is InChI=1S/C26H28ClF6NO5/c1-24(2,3)39-23(35)9-10-34-11-12-36-22(14-34)17-8-7-16(13-19(17)25(28,29)30)37-15-18-20(27)5-4-6-21(18)38-26(31,32)33/h4-8,13,22H,9-12,14-15H2,1-3H3. The van der Waals surface area contributed by atoms with Crippen molar-refractivity contribution < 1.29 is 50.1 Å². The fourth-order valence-electron chi connectivity index (χ4n) is 3.94. The highest BCUT2D eigenvalue weighted by Crippen LogP contribution is 2.39. The molecule has 0 N–H and O–H groups in total. The molecule has 2 aromatic carbocycles. The Bertz CT molecular complexity index is 1150. The van der Waals surface area contributed by atoms with E-state index < -0.39 is 48.1 Å². The first-order valence-electron chi connectivity index (χ1n) is 11.9. The average Bonchev–Trinajstić information content (AvgIpc) is 2.80. The molecule has 0 aliphatic carbocycles. The largest absolute Gasteiger partial charge is 0.573 e. The second-order valence-electron chi connectivity index (χ2n) is 9.80. The number of hydrogen-bond acceptors (Lipinski definition) is 6. The van der Waals surface area contributed by atoms with Crippen molar-refractivity contribution in [3.63, 3.8) is 0 Å². The number of alkyl halides is 6. The van der Waals surface area contributed by atoms with Crippen LogP contribution in [0.25, 0.3) is 0 Å². The molecule has 0 saturated carbocycles. The minimum Gasteiger partial charge on any atom is -0.489 e. The van der Waals surface area contributed by atoms with Crippen LogP contribution in [0.15, 0.2) is 36.4 Å². The molecule has 216 valence electrons. The highest BCUT2D eigenvalue weighted by Gasteiger charge is 2.38. The first-order chi connectivity index (χ1) is 18.0. The summed E-state index contributed by atoms with van der Waals surface area (Å²) in [6, 6.07) is 6.82. The fourth-order valence-corrected chi connectivity index (χ4v) is 4.16. The second kappa shape index (κ2) is 12.2. The number of benzene rings is 2. The third-order valence-corrected chi connectivity index (χ3v) is 5.92. The molecule has 2 aromatic rings. The summed E-state index contributed by atoms with van der Waals surface area (Å²) < 4.78 is 101. The van der Waals surface area contributed by atoms with Crippen molar-refractivity contribution in [1.82, 2.24) is 4.90 Å². The second-order valence-corrected chi connectivity index (χ2v) is 10.2. The summed E-state index contributed by atoms with van der Waals surface area (Å²) >= 11 is 5.99. The van der Waals surface area contributed by atoms with Crippen molar-refractivity contribution in [2.75, 3.05) is 26.2 Å². The molecule has 1 fully saturated rings. The Morgan fingerprint density at radius 2 is 1.82 bits per heavy atom. The molecule has 0 bridgehead atoms. The minimum atomic E-state index is -4.99. The highest BCUT2D eigenvalue weighted by molar-refractivity contribution is 6.31. The monoisotopic (exact) mass is 583 g/mol. The molecule has 1 unspecified atom stereocenters. The smallest absolute Gasteiger partial charge is 0.489 e. The molecule has 6 nitrogen and oxygen atoms in total. The van der Waals surface area contributed by atoms with Crippen LogP contribution >= 0.6 is 11.6 Å². The number of halogens is 7. The zero-order chi connectivity index (χ0) is 29.0. The molecule has 0 aromatic heterocycles. The minimum absolute atomic E-state index is 0.0744. The van der Waals surface area contributed by atoms with Crippen molar-refractivity contribution in [3.8, 4) is 11.5 Å². The molecule has 13 heteroatoms. The molecule has 0 radical (unpaired) electrons. The van der Waals surface area contributed by atoms with Crippen LogP contribution in [0.4, 0.5) is 26.3 Å². The van der Waals surface area contributed by atoms with Crippen LogP contribution in [0, 0.1) is 0 Å². The maximum Gasteiger partial charge on any atom is 0.573 e. The molecule has 1 aliphatic heterocycles. The van der Waals surface area contributed by atoms with Gasteiger partial charge in [-0.05, 0) is 50.6 Å². The molecule has 0 spiro atoms. The summed E-state index contributed by atoms with van der Waals surface area (Å²) in [5.74, 6) is -1.27. The zero-order valence-electron chi connectivity index (χ0n) is 21.4. The first kappa shape index (κ1) is 30.8. The molecule has 1 aliphatic rings. The van der Waals surface area contributed by atoms with E-state index in [9.17, 15) is 31.1 Å². The first-order valence-corrected chi connectivity index (χ1v) is 12.3. The van der Waals surface area contributed by atoms with E-state index in [1.165, 1.54) is 24.3 Å². The fraction of sp³-hybridized carbons (Fsp3) is 0.500. The Morgan fingerprint density at radius 1 is 1.10 bits per heavy atom. The summed E-state index contributed by atoms with van der Waals surface area (Å²) in [5, 5.41) is -0.105. The molecule has 1 heterocycles. The number of nitrogens with zero attached hydrogens (tertiary/aromatic N) is 1. The van der Waals surface area contributed by atoms with E-state index in [0.717, 1.165) is 12.1 Å². The van der Waals surface area contributed by atoms with Gasteiger partial charge in [0.05, 0.1) is 35.3 Å². The Labute approximate surface area is 226 Å². The number of carbonyl (C=O) groups is 1. The van der Waals surface area contributed by atoms with E-state index >= 15 is 0 Å². The van der Waals surface area contributed by atoms with Crippen molar-refractivity contribution >= 4 is 17.6 Å². The van der Waals surface area contributed by atoms with Crippen molar-refractivity contribution in [3.05, 3.63) is 58.1 Å². The predicted molar refractivity (Wildman–Crippen MR) is 130 cm³/mol. The van der Waals surface area contributed by atoms with Gasteiger partial charge in [0, 0.05) is 19.6 Å². The van der Waals surface area contributed by atoms with Crippen LogP contribution in [-0.4, -0.2) is 49.1 Å². The topological polar surface area (TPSA) is 57.2 Å². The van der Waals surface area contributed by atoms with E-state index in [1.54, 1.807) is 20.8 Å². The van der Waals surface area contributed by atoms with Crippen LogP contribution < -0.4 is 9.47 Å². The van der Waals surface area contributed by atoms with Crippen molar-refractivity contribution in [2.24, 2.45) is 0 Å². The number of morpholine rings is 1. The summed E-state index contributed by atoms with van der Waals surface area (Å²) in [6.45, 7) is 5.65. The number of esters is 1. The molecule has 39 heavy (non-hydrogen) atoms. The Balaban J connectivity index is 1.75. The Kier molecular flexibility index (Phi) is 9.66. The molecule has 1 saturated heterocycles. The van der Waals surface area contributed by atoms with Crippen LogP contribution in [0.3, 0.4) is 0 Å². The number of ether oxygens (including phenoxy) is 4. The molecular weight excluding hydrogens is 556 g/mol. The summed E-state index contributed by atoms with van der Waals surface area (Å²) in [7, 11) is 0. The van der Waals surface area contributed by atoms with Crippen molar-refractivity contribution in [1.29, 1.82) is 0 Å². The van der Waals surface area contributed by atoms with E-state index in [1.807, 2.05) is 4.90 Å². The zero-order valence-corrected chi connectivity index (χ0v) is 22.2. The van der Waals surface area contributed by atoms with Gasteiger partial charge >= 0.3 is 18.5 Å². The lowest BCUT2D eigenvalue weighted by Gasteiger charge is -2.34. The summed E-state index contributed by atoms with van der Waals surface area (Å²) in [6.07, 6.45) is -10.6. The third kappa shape index (κ3) is 9.47. The van der Waals surface area contributed by atoms with E-state index in [-0.39, 0.29) is 48.0 Å². The molecule has 1 atom stereocenters. The summed E-state index contributed by atoms with van der Waals surface area (Å²) in [5.41, 5.74) is -1.96. The van der Waals surface area contributed by atoms with Gasteiger partial charge in [-0.25, -0.2) is 0 Å². The normalized spacial score (nSPS) is 17.1. The average molecular weight is 584 g/mol. The van der Waals surface area contributed by atoms with Gasteiger partial charge in [-0.2, -0.15) is 13.2 Å². The predicted octanol–water partition coefficient (Wildman–Crippen LogP) is 6.94. The number of hydrogen-bond donors (Lipinski definition) is 0. The van der Waals surface area contributed by atoms with Crippen molar-refractivity contribution in [2.45, 2.75) is 58.0 Å². The lowest BCUT2D eigenvalue weighted by molar-refractivity contribution is -0.275. The Hall–Kier alpha value is -2.70. The van der Waals surface area contributed by atoms with Crippen LogP contribution in [0.1, 0.15) is 50.0 Å². The summed E-state index contributed by atoms with van der Waals surface area (Å²) in [4.78, 5) is 13.9. The van der Waals surface area contributed by atoms with Gasteiger partial charge in [-0.3, -0.25) is 9.69 Å². The maximum atomic E-state index is 14.0. The molecule has 3 rings (SSSR count). The van der Waals surface area contributed by atoms with E-state index in [2.05, 4.69) is 4.74 Å². The van der Waals surface area contributed by atoms with Crippen LogP contribution in [0.5, 0.6) is 11.5 Å². The lowest BCUT2D eigenvalue weighted by Crippen LogP contribution is -2.40. The third-order valence-electron chi connectivity index (χ3n) is 5.56. The van der Waals surface area contributed by atoms with Gasteiger partial charge in [-0.1, -0.05) is 23.7 Å². The van der Waals surface area contributed by atoms with E-state index in [4.69, 9.17) is 25.8 Å². The van der Waals surface area contributed by atoms with Gasteiger partial charge in [-0.15, -0.1) is 13.2 Å². The molecule has 0 amide bonds. The van der Waals surface area contributed by atoms with Gasteiger partial charge < -0.3 is 18.9 Å². The number of carbonyl (C=O) groups excluding carboxylic acids is 1. The number of rotatable bonds is 8. The van der Waals surface area contributed by atoms with Crippen LogP contribution in [-0.2, 0) is 27.1 Å². The van der Waals surface area contributed by atoms with Gasteiger partial charge in [0.15, 0.2) is 0 Å². The van der Waals surface area contributed by atoms with Gasteiger partial charge in [0.1, 0.15) is 23.7 Å². The van der Waals surface area contributed by atoms with Crippen LogP contribution in [0.2, 0.25) is 5.02 Å². The van der Waals surface area contributed by atoms with Gasteiger partial charge in [0.25, 0.3) is 0 Å².